The number of hydrogen-bond acceptors (Lipinski definition) is 6. The third kappa shape index (κ3) is 3.43. The van der Waals surface area contributed by atoms with Gasteiger partial charge in [-0.15, -0.1) is 0 Å². The molecule has 1 spiro atoms. The average Bonchev–Trinajstić information content (AvgIpc) is 3.56. The van der Waals surface area contributed by atoms with E-state index in [1.54, 1.807) is 17.9 Å². The number of likely N-dealkylation sites (tertiary alicyclic amines) is 1. The highest BCUT2D eigenvalue weighted by Crippen LogP contribution is 2.52. The summed E-state index contributed by atoms with van der Waals surface area (Å²) in [4.78, 5) is 41.5. The van der Waals surface area contributed by atoms with Crippen LogP contribution in [0.4, 0.5) is 5.82 Å². The summed E-state index contributed by atoms with van der Waals surface area (Å²) in [7, 11) is 0. The quantitative estimate of drug-likeness (QED) is 0.624. The van der Waals surface area contributed by atoms with Crippen molar-refractivity contribution >= 4 is 23.5 Å². The van der Waals surface area contributed by atoms with E-state index in [4.69, 9.17) is 9.26 Å². The van der Waals surface area contributed by atoms with Crippen molar-refractivity contribution in [2.24, 2.45) is 11.8 Å². The Labute approximate surface area is 186 Å². The highest BCUT2D eigenvalue weighted by Gasteiger charge is 2.67. The van der Waals surface area contributed by atoms with Crippen molar-refractivity contribution in [2.75, 3.05) is 11.9 Å². The molecule has 3 aliphatic heterocycles. The molecule has 1 aromatic heterocycles. The fourth-order valence-electron chi connectivity index (χ4n) is 5.80. The minimum Gasteiger partial charge on any atom is -0.360 e. The first-order valence-electron chi connectivity index (χ1n) is 11.6. The third-order valence-electron chi connectivity index (χ3n) is 7.25. The number of carbonyl (C=O) groups excluding carboxylic acids is 3. The standard InChI is InChI=1S/C23H30N4O5/c1-3-6-15(20(28)24-14-7-4-5-8-14)27-12-23-10-9-16(31-23)18(19(23)22(27)30)21(29)25-17-11-13(2)32-26-17/h9-11,14-16,18-19H,3-8,12H2,1-2H3,(H,24,28)(H,25,26,29)/t15-,16-,18+,19-,23+/m1/s1. The monoisotopic (exact) mass is 442 g/mol. The summed E-state index contributed by atoms with van der Waals surface area (Å²) in [5.74, 6) is -1.03. The summed E-state index contributed by atoms with van der Waals surface area (Å²) in [5.41, 5.74) is -0.858. The lowest BCUT2D eigenvalue weighted by atomic mass is 9.77. The smallest absolute Gasteiger partial charge is 0.243 e. The van der Waals surface area contributed by atoms with Crippen molar-refractivity contribution in [3.8, 4) is 0 Å². The van der Waals surface area contributed by atoms with Gasteiger partial charge < -0.3 is 24.8 Å². The molecule has 9 heteroatoms. The maximum atomic E-state index is 13.6. The minimum absolute atomic E-state index is 0.0962. The number of anilines is 1. The maximum absolute atomic E-state index is 13.6. The molecule has 1 aliphatic carbocycles. The molecular formula is C23H30N4O5. The van der Waals surface area contributed by atoms with Crippen molar-refractivity contribution in [1.82, 2.24) is 15.4 Å². The Hall–Kier alpha value is -2.68. The predicted octanol–water partition coefficient (Wildman–Crippen LogP) is 1.93. The second-order valence-electron chi connectivity index (χ2n) is 9.47. The van der Waals surface area contributed by atoms with Crippen molar-refractivity contribution in [1.29, 1.82) is 0 Å². The van der Waals surface area contributed by atoms with Gasteiger partial charge >= 0.3 is 0 Å². The minimum atomic E-state index is -0.858. The van der Waals surface area contributed by atoms with Gasteiger partial charge in [-0.25, -0.2) is 0 Å². The van der Waals surface area contributed by atoms with Crippen LogP contribution in [0.3, 0.4) is 0 Å². The zero-order valence-electron chi connectivity index (χ0n) is 18.5. The first-order valence-corrected chi connectivity index (χ1v) is 11.6. The first kappa shape index (κ1) is 21.2. The molecule has 2 N–H and O–H groups in total. The number of carbonyl (C=O) groups is 3. The molecule has 4 aliphatic rings. The van der Waals surface area contributed by atoms with Crippen LogP contribution in [0.5, 0.6) is 0 Å². The van der Waals surface area contributed by atoms with Crippen LogP contribution in [0, 0.1) is 18.8 Å². The Bertz CT molecular complexity index is 952. The van der Waals surface area contributed by atoms with Gasteiger partial charge in [-0.3, -0.25) is 14.4 Å². The molecule has 5 atom stereocenters. The number of amides is 3. The van der Waals surface area contributed by atoms with Crippen molar-refractivity contribution in [3.05, 3.63) is 24.0 Å². The molecule has 5 rings (SSSR count). The molecule has 0 aromatic carbocycles. The fourth-order valence-corrected chi connectivity index (χ4v) is 5.80. The molecular weight excluding hydrogens is 412 g/mol. The molecule has 3 amide bonds. The Balaban J connectivity index is 1.36. The molecule has 0 unspecified atom stereocenters. The van der Waals surface area contributed by atoms with Crippen molar-refractivity contribution in [2.45, 2.75) is 76.2 Å². The van der Waals surface area contributed by atoms with Crippen LogP contribution in [-0.4, -0.2) is 58.1 Å². The number of rotatable bonds is 7. The molecule has 32 heavy (non-hydrogen) atoms. The average molecular weight is 443 g/mol. The normalized spacial score (nSPS) is 31.9. The molecule has 1 aromatic rings. The second kappa shape index (κ2) is 8.03. The summed E-state index contributed by atoms with van der Waals surface area (Å²) in [6.45, 7) is 4.04. The van der Waals surface area contributed by atoms with Crippen LogP contribution >= 0.6 is 0 Å². The van der Waals surface area contributed by atoms with E-state index in [0.717, 1.165) is 32.1 Å². The van der Waals surface area contributed by atoms with Gasteiger partial charge in [0.2, 0.25) is 17.7 Å². The third-order valence-corrected chi connectivity index (χ3v) is 7.25. The van der Waals surface area contributed by atoms with Crippen LogP contribution in [-0.2, 0) is 19.1 Å². The van der Waals surface area contributed by atoms with E-state index >= 15 is 0 Å². The van der Waals surface area contributed by atoms with E-state index in [1.807, 2.05) is 19.1 Å². The van der Waals surface area contributed by atoms with E-state index in [-0.39, 0.29) is 23.8 Å². The van der Waals surface area contributed by atoms with E-state index in [0.29, 0.717) is 24.5 Å². The first-order chi connectivity index (χ1) is 15.4. The SMILES string of the molecule is CCC[C@H](C(=O)NC1CCCC1)N1C[C@]23C=C[C@@H](O2)[C@H](C(=O)Nc2cc(C)on2)[C@@H]3C1=O. The molecule has 3 fully saturated rings. The Morgan fingerprint density at radius 2 is 2.12 bits per heavy atom. The molecule has 9 nitrogen and oxygen atoms in total. The number of fused-ring (bicyclic) bond motifs is 1. The molecule has 172 valence electrons. The highest BCUT2D eigenvalue weighted by atomic mass is 16.5. The van der Waals surface area contributed by atoms with Gasteiger partial charge in [0.1, 0.15) is 17.4 Å². The number of aromatic nitrogens is 1. The van der Waals surface area contributed by atoms with Gasteiger partial charge in [0, 0.05) is 12.1 Å². The van der Waals surface area contributed by atoms with Crippen LogP contribution in [0.15, 0.2) is 22.7 Å². The van der Waals surface area contributed by atoms with Crippen LogP contribution < -0.4 is 10.6 Å². The lowest BCUT2D eigenvalue weighted by Gasteiger charge is -2.30. The number of ether oxygens (including phenoxy) is 1. The molecule has 2 saturated heterocycles. The summed E-state index contributed by atoms with van der Waals surface area (Å²) in [5, 5.41) is 9.72. The fraction of sp³-hybridized carbons (Fsp3) is 0.652. The van der Waals surface area contributed by atoms with Crippen LogP contribution in [0.1, 0.15) is 51.2 Å². The lowest BCUT2D eigenvalue weighted by Crippen LogP contribution is -2.51. The van der Waals surface area contributed by atoms with Crippen LogP contribution in [0.2, 0.25) is 0 Å². The zero-order valence-corrected chi connectivity index (χ0v) is 18.5. The van der Waals surface area contributed by atoms with Gasteiger partial charge in [-0.05, 0) is 26.2 Å². The number of hydrogen-bond donors (Lipinski definition) is 2. The zero-order chi connectivity index (χ0) is 22.5. The number of nitrogens with one attached hydrogen (secondary N) is 2. The van der Waals surface area contributed by atoms with Crippen LogP contribution in [0.25, 0.3) is 0 Å². The van der Waals surface area contributed by atoms with E-state index < -0.39 is 29.6 Å². The van der Waals surface area contributed by atoms with Gasteiger partial charge in [0.25, 0.3) is 0 Å². The van der Waals surface area contributed by atoms with E-state index in [1.165, 1.54) is 0 Å². The van der Waals surface area contributed by atoms with Crippen molar-refractivity contribution in [3.63, 3.8) is 0 Å². The molecule has 2 bridgehead atoms. The number of aryl methyl sites for hydroxylation is 1. The van der Waals surface area contributed by atoms with E-state index in [9.17, 15) is 14.4 Å². The summed E-state index contributed by atoms with van der Waals surface area (Å²) < 4.78 is 11.2. The summed E-state index contributed by atoms with van der Waals surface area (Å²) in [6, 6.07) is 1.27. The summed E-state index contributed by atoms with van der Waals surface area (Å²) >= 11 is 0. The molecule has 4 heterocycles. The maximum Gasteiger partial charge on any atom is 0.243 e. The second-order valence-corrected chi connectivity index (χ2v) is 9.47. The van der Waals surface area contributed by atoms with Gasteiger partial charge in [-0.2, -0.15) is 0 Å². The lowest BCUT2D eigenvalue weighted by molar-refractivity contribution is -0.142. The molecule has 0 radical (unpaired) electrons. The predicted molar refractivity (Wildman–Crippen MR) is 114 cm³/mol. The van der Waals surface area contributed by atoms with Gasteiger partial charge in [-0.1, -0.05) is 43.5 Å². The number of nitrogens with zero attached hydrogens (tertiary/aromatic N) is 2. The van der Waals surface area contributed by atoms with Gasteiger partial charge in [0.15, 0.2) is 5.82 Å². The summed E-state index contributed by atoms with van der Waals surface area (Å²) in [6.07, 6.45) is 8.88. The van der Waals surface area contributed by atoms with E-state index in [2.05, 4.69) is 15.8 Å². The topological polar surface area (TPSA) is 114 Å². The highest BCUT2D eigenvalue weighted by molar-refractivity contribution is 6.00. The van der Waals surface area contributed by atoms with Gasteiger partial charge in [0.05, 0.1) is 24.5 Å². The molecule has 1 saturated carbocycles. The largest absolute Gasteiger partial charge is 0.360 e. The Morgan fingerprint density at radius 3 is 2.81 bits per heavy atom. The Kier molecular flexibility index (Phi) is 5.31. The van der Waals surface area contributed by atoms with Crippen molar-refractivity contribution < 1.29 is 23.6 Å². The Morgan fingerprint density at radius 1 is 1.34 bits per heavy atom.